The van der Waals surface area contributed by atoms with Gasteiger partial charge < -0.3 is 15.4 Å². The minimum Gasteiger partial charge on any atom is -0.466 e. The van der Waals surface area contributed by atoms with Crippen LogP contribution >= 0.6 is 0 Å². The molecule has 1 aliphatic carbocycles. The van der Waals surface area contributed by atoms with Gasteiger partial charge in [0.15, 0.2) is 6.61 Å². The van der Waals surface area contributed by atoms with E-state index in [2.05, 4.69) is 42.8 Å². The van der Waals surface area contributed by atoms with Gasteiger partial charge in [-0.3, -0.25) is 9.79 Å². The van der Waals surface area contributed by atoms with Crippen LogP contribution in [0.25, 0.3) is 5.57 Å². The molecule has 2 aromatic carbocycles. The second-order valence-corrected chi connectivity index (χ2v) is 10.2. The smallest absolute Gasteiger partial charge is 0.264 e. The fourth-order valence-electron chi connectivity index (χ4n) is 5.05. The van der Waals surface area contributed by atoms with Gasteiger partial charge in [0.25, 0.3) is 5.91 Å². The molecule has 1 atom stereocenters. The Balaban J connectivity index is 1.52. The van der Waals surface area contributed by atoms with Gasteiger partial charge in [-0.2, -0.15) is 0 Å². The van der Waals surface area contributed by atoms with Gasteiger partial charge in [0.05, 0.1) is 11.4 Å². The monoisotopic (exact) mass is 494 g/mol. The van der Waals surface area contributed by atoms with Crippen LogP contribution in [0.3, 0.4) is 0 Å². The van der Waals surface area contributed by atoms with Crippen LogP contribution in [0.4, 0.5) is 0 Å². The molecular formula is C31H34N4O2. The first-order valence-electron chi connectivity index (χ1n) is 12.9. The summed E-state index contributed by atoms with van der Waals surface area (Å²) in [6.07, 6.45) is 7.77. The van der Waals surface area contributed by atoms with Gasteiger partial charge in [-0.25, -0.2) is 4.99 Å². The predicted octanol–water partition coefficient (Wildman–Crippen LogP) is 5.57. The largest absolute Gasteiger partial charge is 0.466 e. The third-order valence-corrected chi connectivity index (χ3v) is 7.77. The van der Waals surface area contributed by atoms with Gasteiger partial charge in [0.1, 0.15) is 0 Å². The molecule has 2 N–H and O–H groups in total. The highest BCUT2D eigenvalue weighted by Gasteiger charge is 2.34. The standard InChI is InChI=1S/C31H34N4O2/c1-21-18-33-17-14-26(21)19-35-23(3)30(37-20-28(35)36)34-29(22(2)24-8-5-4-6-9-24)25-10-12-27(13-11-25)31(32)15-7-16-31/h4-6,8-13,17-18,26H,2,7,14-16,19-20,32H2,1,3H3. The average Bonchev–Trinajstić information content (AvgIpc) is 2.90. The topological polar surface area (TPSA) is 80.3 Å². The first kappa shape index (κ1) is 24.9. The molecular weight excluding hydrogens is 460 g/mol. The second kappa shape index (κ2) is 10.3. The van der Waals surface area contributed by atoms with Crippen molar-refractivity contribution in [1.29, 1.82) is 0 Å². The lowest BCUT2D eigenvalue weighted by Crippen LogP contribution is -2.43. The Kier molecular flexibility index (Phi) is 6.94. The van der Waals surface area contributed by atoms with Crippen LogP contribution in [0.1, 0.15) is 56.2 Å². The van der Waals surface area contributed by atoms with Gasteiger partial charge in [-0.15, -0.1) is 0 Å². The number of nitrogens with zero attached hydrogens (tertiary/aromatic N) is 3. The Labute approximate surface area is 219 Å². The normalized spacial score (nSPS) is 21.3. The maximum absolute atomic E-state index is 12.8. The molecule has 1 fully saturated rings. The van der Waals surface area contributed by atoms with E-state index in [1.165, 1.54) is 12.0 Å². The van der Waals surface area contributed by atoms with Crippen LogP contribution in [0.5, 0.6) is 0 Å². The lowest BCUT2D eigenvalue weighted by molar-refractivity contribution is -0.135. The van der Waals surface area contributed by atoms with E-state index in [9.17, 15) is 4.79 Å². The van der Waals surface area contributed by atoms with Crippen molar-refractivity contribution in [1.82, 2.24) is 4.90 Å². The Morgan fingerprint density at radius 1 is 1.14 bits per heavy atom. The van der Waals surface area contributed by atoms with Crippen molar-refractivity contribution in [3.63, 3.8) is 0 Å². The number of allylic oxidation sites excluding steroid dienone is 2. The molecule has 2 aromatic rings. The van der Waals surface area contributed by atoms with E-state index in [0.29, 0.717) is 23.8 Å². The van der Waals surface area contributed by atoms with Crippen LogP contribution in [-0.2, 0) is 15.1 Å². The zero-order valence-electron chi connectivity index (χ0n) is 21.6. The third kappa shape index (κ3) is 5.07. The third-order valence-electron chi connectivity index (χ3n) is 7.77. The number of hydrogen-bond acceptors (Lipinski definition) is 5. The number of nitrogens with two attached hydrogens (primary N) is 1. The highest BCUT2D eigenvalue weighted by atomic mass is 16.5. The number of ether oxygens (including phenoxy) is 1. The molecule has 190 valence electrons. The lowest BCUT2D eigenvalue weighted by atomic mass is 9.72. The molecule has 0 aromatic heterocycles. The molecule has 0 bridgehead atoms. The van der Waals surface area contributed by atoms with Gasteiger partial charge in [-0.05, 0) is 56.2 Å². The molecule has 6 nitrogen and oxygen atoms in total. The molecule has 2 heterocycles. The van der Waals surface area contributed by atoms with Gasteiger partial charge >= 0.3 is 0 Å². The first-order valence-corrected chi connectivity index (χ1v) is 12.9. The van der Waals surface area contributed by atoms with Crippen LogP contribution < -0.4 is 5.73 Å². The zero-order valence-corrected chi connectivity index (χ0v) is 21.6. The van der Waals surface area contributed by atoms with E-state index in [1.54, 1.807) is 4.90 Å². The number of rotatable bonds is 7. The molecule has 37 heavy (non-hydrogen) atoms. The Morgan fingerprint density at radius 3 is 2.51 bits per heavy atom. The van der Waals surface area contributed by atoms with Crippen LogP contribution in [-0.4, -0.2) is 35.9 Å². The van der Waals surface area contributed by atoms with Crippen molar-refractivity contribution < 1.29 is 9.53 Å². The number of aliphatic imine (C=N–C) groups is 2. The number of carbonyl (C=O) groups is 1. The first-order chi connectivity index (χ1) is 17.9. The van der Waals surface area contributed by atoms with E-state index in [4.69, 9.17) is 15.5 Å². The van der Waals surface area contributed by atoms with Gasteiger partial charge in [0.2, 0.25) is 5.88 Å². The second-order valence-electron chi connectivity index (χ2n) is 10.2. The molecule has 1 unspecified atom stereocenters. The number of hydrogen-bond donors (Lipinski definition) is 1. The molecule has 0 radical (unpaired) electrons. The Morgan fingerprint density at radius 2 is 1.86 bits per heavy atom. The van der Waals surface area contributed by atoms with Crippen molar-refractivity contribution in [3.05, 3.63) is 101 Å². The molecule has 1 saturated carbocycles. The van der Waals surface area contributed by atoms with Crippen LogP contribution in [0.15, 0.2) is 94.5 Å². The van der Waals surface area contributed by atoms with E-state index in [1.807, 2.05) is 49.7 Å². The Bertz CT molecular complexity index is 1310. The predicted molar refractivity (Wildman–Crippen MR) is 149 cm³/mol. The Hall–Kier alpha value is -3.77. The average molecular weight is 495 g/mol. The summed E-state index contributed by atoms with van der Waals surface area (Å²) in [5, 5.41) is 0. The minimum absolute atomic E-state index is 0.0422. The minimum atomic E-state index is -0.227. The maximum Gasteiger partial charge on any atom is 0.264 e. The van der Waals surface area contributed by atoms with E-state index >= 15 is 0 Å². The molecule has 3 aliphatic rings. The fraction of sp³-hybridized carbons (Fsp3) is 0.323. The quantitative estimate of drug-likeness (QED) is 0.511. The molecule has 1 amide bonds. The zero-order chi connectivity index (χ0) is 26.0. The molecule has 0 spiro atoms. The van der Waals surface area contributed by atoms with E-state index < -0.39 is 0 Å². The molecule has 2 aliphatic heterocycles. The SMILES string of the molecule is C=C(C(=NC1=C(C)N(CC2CC=NC=C2C)C(=O)CO1)c1ccc(C2(N)CCC2)cc1)c1ccccc1. The van der Waals surface area contributed by atoms with Crippen molar-refractivity contribution in [2.45, 2.75) is 45.1 Å². The van der Waals surface area contributed by atoms with Crippen molar-refractivity contribution in [2.75, 3.05) is 13.2 Å². The molecule has 5 rings (SSSR count). The summed E-state index contributed by atoms with van der Waals surface area (Å²) in [6, 6.07) is 18.3. The fourth-order valence-corrected chi connectivity index (χ4v) is 5.05. The van der Waals surface area contributed by atoms with E-state index in [0.717, 1.165) is 41.5 Å². The van der Waals surface area contributed by atoms with Crippen molar-refractivity contribution in [3.8, 4) is 0 Å². The summed E-state index contributed by atoms with van der Waals surface area (Å²) < 4.78 is 5.89. The number of benzene rings is 2. The highest BCUT2D eigenvalue weighted by Crippen LogP contribution is 2.39. The maximum atomic E-state index is 12.8. The summed E-state index contributed by atoms with van der Waals surface area (Å²) in [5.74, 6) is 0.602. The molecule has 6 heteroatoms. The molecule has 0 saturated heterocycles. The van der Waals surface area contributed by atoms with E-state index in [-0.39, 0.29) is 24.0 Å². The summed E-state index contributed by atoms with van der Waals surface area (Å²) in [6.45, 7) is 8.88. The van der Waals surface area contributed by atoms with Gasteiger partial charge in [0, 0.05) is 41.6 Å². The summed E-state index contributed by atoms with van der Waals surface area (Å²) in [5.41, 5.74) is 12.8. The van der Waals surface area contributed by atoms with Gasteiger partial charge in [-0.1, -0.05) is 61.2 Å². The summed E-state index contributed by atoms with van der Waals surface area (Å²) >= 11 is 0. The lowest BCUT2D eigenvalue weighted by Gasteiger charge is -2.38. The van der Waals surface area contributed by atoms with Crippen LogP contribution in [0, 0.1) is 5.92 Å². The van der Waals surface area contributed by atoms with Crippen molar-refractivity contribution >= 4 is 23.4 Å². The van der Waals surface area contributed by atoms with Crippen molar-refractivity contribution in [2.24, 2.45) is 21.6 Å². The number of amides is 1. The highest BCUT2D eigenvalue weighted by molar-refractivity contribution is 6.31. The van der Waals surface area contributed by atoms with Crippen LogP contribution in [0.2, 0.25) is 0 Å². The summed E-state index contributed by atoms with van der Waals surface area (Å²) in [7, 11) is 0. The number of carbonyl (C=O) groups excluding carboxylic acids is 1. The summed E-state index contributed by atoms with van der Waals surface area (Å²) in [4.78, 5) is 23.9.